The summed E-state index contributed by atoms with van der Waals surface area (Å²) in [5.41, 5.74) is 3.69. The maximum absolute atomic E-state index is 13.1. The van der Waals surface area contributed by atoms with E-state index in [1.54, 1.807) is 13.0 Å². The van der Waals surface area contributed by atoms with Crippen molar-refractivity contribution in [2.45, 2.75) is 24.7 Å². The zero-order chi connectivity index (χ0) is 15.3. The average Bonchev–Trinajstić information content (AvgIpc) is 2.74. The van der Waals surface area contributed by atoms with Crippen LogP contribution in [0.2, 0.25) is 0 Å². The Bertz CT molecular complexity index is 665. The van der Waals surface area contributed by atoms with Crippen molar-refractivity contribution in [2.75, 3.05) is 10.7 Å². The molecule has 0 saturated carbocycles. The molecule has 3 rings (SSSR count). The van der Waals surface area contributed by atoms with Gasteiger partial charge in [0.05, 0.1) is 5.57 Å². The maximum Gasteiger partial charge on any atom is 0.414 e. The van der Waals surface area contributed by atoms with Gasteiger partial charge in [-0.2, -0.15) is 23.3 Å². The molecule has 9 heteroatoms. The fourth-order valence-electron chi connectivity index (χ4n) is 2.43. The van der Waals surface area contributed by atoms with E-state index >= 15 is 0 Å². The van der Waals surface area contributed by atoms with Gasteiger partial charge in [0.15, 0.2) is 5.82 Å². The van der Waals surface area contributed by atoms with Gasteiger partial charge in [-0.25, -0.2) is 9.99 Å². The molecule has 1 aromatic heterocycles. The molecule has 110 valence electrons. The fraction of sp³-hybridized carbons (Fsp3) is 0.333. The van der Waals surface area contributed by atoms with E-state index in [1.165, 1.54) is 23.3 Å². The van der Waals surface area contributed by atoms with Gasteiger partial charge in [0, 0.05) is 12.3 Å². The van der Waals surface area contributed by atoms with Crippen LogP contribution in [0.1, 0.15) is 6.92 Å². The van der Waals surface area contributed by atoms with Gasteiger partial charge in [-0.3, -0.25) is 0 Å². The summed E-state index contributed by atoms with van der Waals surface area (Å²) >= 11 is 0. The standard InChI is InChI=1S/C12H11F3N6/c1-11-5-2-3-7(12(13,14)15)9(11)19-20-21(11)8-4-6-17-10(16)18-8/h2-6,9H,1H3,(H2,16,17,18). The molecular formula is C12H11F3N6. The van der Waals surface area contributed by atoms with E-state index in [0.29, 0.717) is 5.82 Å². The number of nitrogens with two attached hydrogens (primary N) is 1. The molecule has 2 N–H and O–H groups in total. The van der Waals surface area contributed by atoms with Crippen LogP contribution in [0.15, 0.2) is 46.4 Å². The van der Waals surface area contributed by atoms with Gasteiger partial charge < -0.3 is 5.73 Å². The quantitative estimate of drug-likeness (QED) is 0.863. The first-order valence-corrected chi connectivity index (χ1v) is 6.08. The smallest absolute Gasteiger partial charge is 0.368 e. The Morgan fingerprint density at radius 1 is 1.38 bits per heavy atom. The Morgan fingerprint density at radius 2 is 2.14 bits per heavy atom. The molecule has 1 aromatic rings. The van der Waals surface area contributed by atoms with Crippen LogP contribution in [-0.4, -0.2) is 27.7 Å². The molecule has 2 aliphatic rings. The van der Waals surface area contributed by atoms with E-state index in [4.69, 9.17) is 5.73 Å². The van der Waals surface area contributed by atoms with Crippen LogP contribution in [-0.2, 0) is 0 Å². The van der Waals surface area contributed by atoms with E-state index in [2.05, 4.69) is 20.3 Å². The van der Waals surface area contributed by atoms with Gasteiger partial charge in [-0.15, -0.1) is 0 Å². The maximum atomic E-state index is 13.1. The van der Waals surface area contributed by atoms with Gasteiger partial charge in [0.25, 0.3) is 0 Å². The van der Waals surface area contributed by atoms with Crippen molar-refractivity contribution < 1.29 is 13.2 Å². The summed E-state index contributed by atoms with van der Waals surface area (Å²) in [6.07, 6.45) is 0.940. The Labute approximate surface area is 117 Å². The van der Waals surface area contributed by atoms with E-state index in [-0.39, 0.29) is 5.95 Å². The van der Waals surface area contributed by atoms with E-state index in [0.717, 1.165) is 6.08 Å². The molecule has 0 bridgehead atoms. The largest absolute Gasteiger partial charge is 0.414 e. The monoisotopic (exact) mass is 296 g/mol. The fourth-order valence-corrected chi connectivity index (χ4v) is 2.43. The average molecular weight is 296 g/mol. The van der Waals surface area contributed by atoms with Crippen LogP contribution in [0.3, 0.4) is 0 Å². The third kappa shape index (κ3) is 2.05. The molecule has 6 nitrogen and oxygen atoms in total. The zero-order valence-electron chi connectivity index (χ0n) is 10.9. The van der Waals surface area contributed by atoms with Crippen LogP contribution < -0.4 is 10.7 Å². The topological polar surface area (TPSA) is 79.8 Å². The van der Waals surface area contributed by atoms with Crippen molar-refractivity contribution in [1.29, 1.82) is 0 Å². The summed E-state index contributed by atoms with van der Waals surface area (Å²) in [4.78, 5) is 7.73. The number of allylic oxidation sites excluding steroid dienone is 2. The molecule has 0 aromatic carbocycles. The molecule has 0 radical (unpaired) electrons. The highest BCUT2D eigenvalue weighted by Crippen LogP contribution is 2.44. The lowest BCUT2D eigenvalue weighted by molar-refractivity contribution is -0.0967. The Morgan fingerprint density at radius 3 is 2.81 bits per heavy atom. The number of nitrogens with zero attached hydrogens (tertiary/aromatic N) is 5. The van der Waals surface area contributed by atoms with Crippen LogP contribution in [0.5, 0.6) is 0 Å². The summed E-state index contributed by atoms with van der Waals surface area (Å²) in [6.45, 7) is 1.62. The summed E-state index contributed by atoms with van der Waals surface area (Å²) in [6, 6.07) is 0.376. The highest BCUT2D eigenvalue weighted by molar-refractivity contribution is 5.51. The minimum atomic E-state index is -4.46. The molecular weight excluding hydrogens is 285 g/mol. The first-order chi connectivity index (χ1) is 9.82. The molecule has 1 aliphatic carbocycles. The minimum absolute atomic E-state index is 0.0149. The van der Waals surface area contributed by atoms with Crippen molar-refractivity contribution in [2.24, 2.45) is 10.3 Å². The first kappa shape index (κ1) is 13.5. The molecule has 0 spiro atoms. The van der Waals surface area contributed by atoms with Crippen molar-refractivity contribution in [3.8, 4) is 0 Å². The highest BCUT2D eigenvalue weighted by atomic mass is 19.4. The van der Waals surface area contributed by atoms with E-state index in [9.17, 15) is 13.2 Å². The Kier molecular flexibility index (Phi) is 2.75. The second kappa shape index (κ2) is 4.27. The lowest BCUT2D eigenvalue weighted by Crippen LogP contribution is -2.50. The third-order valence-corrected chi connectivity index (χ3v) is 3.47. The first-order valence-electron chi connectivity index (χ1n) is 6.08. The summed E-state index contributed by atoms with van der Waals surface area (Å²) in [5, 5.41) is 8.95. The van der Waals surface area contributed by atoms with Crippen LogP contribution in [0.4, 0.5) is 24.9 Å². The SMILES string of the molecule is CC12C=CC=C(C(F)(F)F)C1N=NN2c1ccnc(N)n1. The number of halogens is 3. The number of fused-ring (bicyclic) bond motifs is 1. The summed E-state index contributed by atoms with van der Waals surface area (Å²) < 4.78 is 39.2. The molecule has 0 amide bonds. The molecule has 0 saturated heterocycles. The molecule has 2 atom stereocenters. The zero-order valence-corrected chi connectivity index (χ0v) is 10.9. The predicted molar refractivity (Wildman–Crippen MR) is 69.3 cm³/mol. The number of rotatable bonds is 1. The normalized spacial score (nSPS) is 27.7. The summed E-state index contributed by atoms with van der Waals surface area (Å²) in [7, 11) is 0. The van der Waals surface area contributed by atoms with Gasteiger partial charge in [0.1, 0.15) is 11.6 Å². The number of alkyl halides is 3. The van der Waals surface area contributed by atoms with Crippen LogP contribution >= 0.6 is 0 Å². The lowest BCUT2D eigenvalue weighted by Gasteiger charge is -2.36. The third-order valence-electron chi connectivity index (χ3n) is 3.47. The number of aromatic nitrogens is 2. The number of nitrogen functional groups attached to an aromatic ring is 1. The van der Waals surface area contributed by atoms with Crippen LogP contribution in [0.25, 0.3) is 0 Å². The van der Waals surface area contributed by atoms with Gasteiger partial charge >= 0.3 is 6.18 Å². The van der Waals surface area contributed by atoms with Gasteiger partial charge in [-0.05, 0) is 6.92 Å². The number of hydrogen-bond donors (Lipinski definition) is 1. The number of anilines is 2. The van der Waals surface area contributed by atoms with E-state index < -0.39 is 23.3 Å². The van der Waals surface area contributed by atoms with Crippen molar-refractivity contribution in [1.82, 2.24) is 9.97 Å². The van der Waals surface area contributed by atoms with E-state index in [1.807, 2.05) is 0 Å². The highest BCUT2D eigenvalue weighted by Gasteiger charge is 2.53. The second-order valence-corrected chi connectivity index (χ2v) is 4.90. The molecule has 2 unspecified atom stereocenters. The molecule has 1 aliphatic heterocycles. The lowest BCUT2D eigenvalue weighted by atomic mass is 9.83. The molecule has 21 heavy (non-hydrogen) atoms. The van der Waals surface area contributed by atoms with Gasteiger partial charge in [-0.1, -0.05) is 23.5 Å². The van der Waals surface area contributed by atoms with Crippen molar-refractivity contribution >= 4 is 11.8 Å². The Balaban J connectivity index is 2.02. The van der Waals surface area contributed by atoms with Crippen molar-refractivity contribution in [3.05, 3.63) is 36.1 Å². The summed E-state index contributed by atoms with van der Waals surface area (Å²) in [5.74, 6) is 0.311. The Hall–Kier alpha value is -2.45. The minimum Gasteiger partial charge on any atom is -0.368 e. The number of hydrogen-bond acceptors (Lipinski definition) is 6. The van der Waals surface area contributed by atoms with Gasteiger partial charge in [0.2, 0.25) is 5.95 Å². The molecule has 2 heterocycles. The predicted octanol–water partition coefficient (Wildman–Crippen LogP) is 2.43. The molecule has 0 fully saturated rings. The van der Waals surface area contributed by atoms with Crippen LogP contribution in [0, 0.1) is 0 Å². The van der Waals surface area contributed by atoms with Crippen molar-refractivity contribution in [3.63, 3.8) is 0 Å². The second-order valence-electron chi connectivity index (χ2n) is 4.90.